The van der Waals surface area contributed by atoms with Crippen LogP contribution >= 0.6 is 43.5 Å². The van der Waals surface area contributed by atoms with Gasteiger partial charge in [-0.1, -0.05) is 55.6 Å². The molecule has 0 aliphatic carbocycles. The van der Waals surface area contributed by atoms with E-state index in [0.29, 0.717) is 16.3 Å². The Morgan fingerprint density at radius 3 is 2.58 bits per heavy atom. The van der Waals surface area contributed by atoms with Gasteiger partial charge in [-0.25, -0.2) is 0 Å². The topological polar surface area (TPSA) is 26.3 Å². The molecule has 0 bridgehead atoms. The molecule has 0 saturated heterocycles. The fourth-order valence-corrected chi connectivity index (χ4v) is 2.39. The molecule has 19 heavy (non-hydrogen) atoms. The summed E-state index contributed by atoms with van der Waals surface area (Å²) in [7, 11) is 0. The van der Waals surface area contributed by atoms with Crippen LogP contribution in [0.3, 0.4) is 0 Å². The summed E-state index contributed by atoms with van der Waals surface area (Å²) in [5.41, 5.74) is 0.598. The van der Waals surface area contributed by atoms with Crippen LogP contribution in [0.25, 0.3) is 0 Å². The lowest BCUT2D eigenvalue weighted by atomic mass is 10.1. The van der Waals surface area contributed by atoms with Gasteiger partial charge in [-0.2, -0.15) is 0 Å². The number of halogens is 3. The third kappa shape index (κ3) is 4.06. The zero-order valence-electron chi connectivity index (χ0n) is 9.70. The molecule has 0 spiro atoms. The maximum absolute atomic E-state index is 12.0. The lowest BCUT2D eigenvalue weighted by molar-refractivity contribution is 0.0921. The lowest BCUT2D eigenvalue weighted by Crippen LogP contribution is -2.11. The first kappa shape index (κ1) is 14.6. The number of Topliss-reactive ketones (excluding diaryl/α,β-unsaturated/α-hetero) is 1. The molecule has 2 aromatic rings. The van der Waals surface area contributed by atoms with Gasteiger partial charge in [0.25, 0.3) is 0 Å². The highest BCUT2D eigenvalue weighted by atomic mass is 79.9. The van der Waals surface area contributed by atoms with Crippen molar-refractivity contribution in [3.63, 3.8) is 0 Å². The van der Waals surface area contributed by atoms with Crippen molar-refractivity contribution in [3.05, 3.63) is 62.0 Å². The predicted molar refractivity (Wildman–Crippen MR) is 83.1 cm³/mol. The molecule has 0 N–H and O–H groups in total. The van der Waals surface area contributed by atoms with Crippen molar-refractivity contribution in [1.29, 1.82) is 0 Å². The van der Waals surface area contributed by atoms with Gasteiger partial charge in [0.05, 0.1) is 5.02 Å². The van der Waals surface area contributed by atoms with Gasteiger partial charge in [0.15, 0.2) is 12.4 Å². The summed E-state index contributed by atoms with van der Waals surface area (Å²) in [4.78, 5) is 12.0. The van der Waals surface area contributed by atoms with E-state index in [1.165, 1.54) is 0 Å². The molecule has 98 valence electrons. The average Bonchev–Trinajstić information content (AvgIpc) is 2.39. The summed E-state index contributed by atoms with van der Waals surface area (Å²) in [6.45, 7) is -0.0490. The highest BCUT2D eigenvalue weighted by molar-refractivity contribution is 9.10. The Morgan fingerprint density at radius 2 is 1.84 bits per heavy atom. The first-order valence-electron chi connectivity index (χ1n) is 5.43. The molecule has 0 atom stereocenters. The number of carbonyl (C=O) groups is 1. The summed E-state index contributed by atoms with van der Waals surface area (Å²) in [6.07, 6.45) is 0. The second kappa shape index (κ2) is 6.55. The van der Waals surface area contributed by atoms with E-state index < -0.39 is 0 Å². The van der Waals surface area contributed by atoms with Crippen LogP contribution in [0.2, 0.25) is 5.02 Å². The Balaban J connectivity index is 2.06. The van der Waals surface area contributed by atoms with E-state index in [1.54, 1.807) is 24.3 Å². The lowest BCUT2D eigenvalue weighted by Gasteiger charge is -2.08. The molecule has 0 heterocycles. The van der Waals surface area contributed by atoms with Crippen LogP contribution in [-0.4, -0.2) is 12.4 Å². The van der Waals surface area contributed by atoms with Gasteiger partial charge in [0.1, 0.15) is 5.75 Å². The summed E-state index contributed by atoms with van der Waals surface area (Å²) >= 11 is 12.6. The van der Waals surface area contributed by atoms with E-state index in [4.69, 9.17) is 16.3 Å². The molecule has 0 unspecified atom stereocenters. The molecule has 2 aromatic carbocycles. The molecular formula is C14H9Br2ClO2. The summed E-state index contributed by atoms with van der Waals surface area (Å²) < 4.78 is 7.16. The first-order valence-corrected chi connectivity index (χ1v) is 7.39. The molecule has 2 nitrogen and oxygen atoms in total. The molecule has 0 amide bonds. The van der Waals surface area contributed by atoms with Crippen molar-refractivity contribution >= 4 is 49.2 Å². The van der Waals surface area contributed by atoms with E-state index in [2.05, 4.69) is 31.9 Å². The van der Waals surface area contributed by atoms with Crippen molar-refractivity contribution in [2.45, 2.75) is 0 Å². The fourth-order valence-electron chi connectivity index (χ4n) is 1.48. The fraction of sp³-hybridized carbons (Fsp3) is 0.0714. The molecular weight excluding hydrogens is 395 g/mol. The van der Waals surface area contributed by atoms with Gasteiger partial charge >= 0.3 is 0 Å². The summed E-state index contributed by atoms with van der Waals surface area (Å²) in [6, 6.07) is 12.4. The summed E-state index contributed by atoms with van der Waals surface area (Å²) in [5.74, 6) is 0.386. The van der Waals surface area contributed by atoms with Gasteiger partial charge in [0, 0.05) is 14.5 Å². The molecule has 0 aliphatic rings. The van der Waals surface area contributed by atoms with Crippen LogP contribution in [0.1, 0.15) is 10.4 Å². The SMILES string of the molecule is O=C(COc1cc(Br)ccc1Cl)c1cccc(Br)c1. The third-order valence-electron chi connectivity index (χ3n) is 2.40. The standard InChI is InChI=1S/C14H9Br2ClO2/c15-10-3-1-2-9(6-10)13(18)8-19-14-7-11(16)4-5-12(14)17/h1-7H,8H2. The molecule has 5 heteroatoms. The monoisotopic (exact) mass is 402 g/mol. The van der Waals surface area contributed by atoms with Crippen molar-refractivity contribution < 1.29 is 9.53 Å². The van der Waals surface area contributed by atoms with Gasteiger partial charge in [-0.3, -0.25) is 4.79 Å². The Bertz CT molecular complexity index is 614. The zero-order valence-corrected chi connectivity index (χ0v) is 13.6. The molecule has 2 rings (SSSR count). The first-order chi connectivity index (χ1) is 9.06. The van der Waals surface area contributed by atoms with Crippen LogP contribution in [0, 0.1) is 0 Å². The number of carbonyl (C=O) groups excluding carboxylic acids is 1. The molecule has 0 aliphatic heterocycles. The predicted octanol–water partition coefficient (Wildman–Crippen LogP) is 5.13. The maximum atomic E-state index is 12.0. The highest BCUT2D eigenvalue weighted by Crippen LogP contribution is 2.28. The number of ether oxygens (including phenoxy) is 1. The number of rotatable bonds is 4. The molecule has 0 aromatic heterocycles. The van der Waals surface area contributed by atoms with Gasteiger partial charge in [-0.05, 0) is 30.3 Å². The number of hydrogen-bond acceptors (Lipinski definition) is 2. The normalized spacial score (nSPS) is 10.3. The van der Waals surface area contributed by atoms with Crippen LogP contribution in [0.15, 0.2) is 51.4 Å². The highest BCUT2D eigenvalue weighted by Gasteiger charge is 2.09. The minimum Gasteiger partial charge on any atom is -0.484 e. The maximum Gasteiger partial charge on any atom is 0.200 e. The number of benzene rings is 2. The van der Waals surface area contributed by atoms with E-state index in [0.717, 1.165) is 8.95 Å². The second-order valence-corrected chi connectivity index (χ2v) is 6.04. The number of ketones is 1. The van der Waals surface area contributed by atoms with Crippen LogP contribution in [0.4, 0.5) is 0 Å². The average molecular weight is 404 g/mol. The van der Waals surface area contributed by atoms with Gasteiger partial charge < -0.3 is 4.74 Å². The van der Waals surface area contributed by atoms with E-state index in [-0.39, 0.29) is 12.4 Å². The van der Waals surface area contributed by atoms with Crippen LogP contribution in [-0.2, 0) is 0 Å². The van der Waals surface area contributed by atoms with Gasteiger partial charge in [0.2, 0.25) is 0 Å². The van der Waals surface area contributed by atoms with Crippen molar-refractivity contribution in [1.82, 2.24) is 0 Å². The van der Waals surface area contributed by atoms with E-state index >= 15 is 0 Å². The summed E-state index contributed by atoms with van der Waals surface area (Å²) in [5, 5.41) is 0.477. The minimum atomic E-state index is -0.0997. The van der Waals surface area contributed by atoms with Crippen molar-refractivity contribution in [2.75, 3.05) is 6.61 Å². The second-order valence-electron chi connectivity index (χ2n) is 3.80. The van der Waals surface area contributed by atoms with Crippen molar-refractivity contribution in [3.8, 4) is 5.75 Å². The Kier molecular flexibility index (Phi) is 5.02. The Morgan fingerprint density at radius 1 is 1.11 bits per heavy atom. The minimum absolute atomic E-state index is 0.0490. The van der Waals surface area contributed by atoms with Crippen LogP contribution < -0.4 is 4.74 Å². The number of hydrogen-bond donors (Lipinski definition) is 0. The van der Waals surface area contributed by atoms with E-state index in [1.807, 2.05) is 18.2 Å². The third-order valence-corrected chi connectivity index (χ3v) is 3.70. The largest absolute Gasteiger partial charge is 0.484 e. The van der Waals surface area contributed by atoms with Crippen molar-refractivity contribution in [2.24, 2.45) is 0 Å². The Labute approximate surface area is 133 Å². The molecule has 0 radical (unpaired) electrons. The quantitative estimate of drug-likeness (QED) is 0.661. The molecule has 0 saturated carbocycles. The van der Waals surface area contributed by atoms with E-state index in [9.17, 15) is 4.79 Å². The Hall–Kier alpha value is -0.840. The smallest absolute Gasteiger partial charge is 0.200 e. The molecule has 0 fully saturated rings. The zero-order chi connectivity index (χ0) is 13.8. The van der Waals surface area contributed by atoms with Crippen LogP contribution in [0.5, 0.6) is 5.75 Å². The van der Waals surface area contributed by atoms with Gasteiger partial charge in [-0.15, -0.1) is 0 Å².